The summed E-state index contributed by atoms with van der Waals surface area (Å²) in [6.45, 7) is 9.22. The lowest BCUT2D eigenvalue weighted by Gasteiger charge is -2.17. The highest BCUT2D eigenvalue weighted by molar-refractivity contribution is 5.04. The van der Waals surface area contributed by atoms with E-state index in [1.54, 1.807) is 0 Å². The molecule has 1 N–H and O–H groups in total. The van der Waals surface area contributed by atoms with Crippen LogP contribution in [0.5, 0.6) is 0 Å². The molecule has 1 unspecified atom stereocenters. The molecule has 0 amide bonds. The molecule has 16 heavy (non-hydrogen) atoms. The fourth-order valence-electron chi connectivity index (χ4n) is 1.85. The maximum Gasteiger partial charge on any atom is 0.0404 e. The maximum atomic E-state index is 4.34. The van der Waals surface area contributed by atoms with Gasteiger partial charge in [0, 0.05) is 17.9 Å². The van der Waals surface area contributed by atoms with Crippen LogP contribution in [-0.4, -0.2) is 17.6 Å². The highest BCUT2D eigenvalue weighted by Gasteiger charge is 2.07. The molecule has 2 nitrogen and oxygen atoms in total. The summed E-state index contributed by atoms with van der Waals surface area (Å²) in [5.41, 5.74) is 2.42. The monoisotopic (exact) mass is 218 g/mol. The van der Waals surface area contributed by atoms with Crippen LogP contribution in [-0.2, 0) is 6.42 Å². The lowest BCUT2D eigenvalue weighted by atomic mass is 10.0. The Morgan fingerprint density at radius 1 is 1.50 bits per heavy atom. The number of rotatable bonds is 7. The molecular weight excluding hydrogens is 196 g/mol. The van der Waals surface area contributed by atoms with Crippen LogP contribution in [0.1, 0.15) is 32.4 Å². The normalized spacial score (nSPS) is 12.4. The molecule has 1 atom stereocenters. The van der Waals surface area contributed by atoms with Gasteiger partial charge in [-0.15, -0.1) is 6.58 Å². The predicted molar refractivity (Wildman–Crippen MR) is 69.5 cm³/mol. The standard InChI is InChI=1S/C14H22N2/c1-4-15-14(11-12(2)3)9-8-13-7-5-6-10-16-13/h5-7,10,14-15H,2,4,8-9,11H2,1,3H3. The van der Waals surface area contributed by atoms with Gasteiger partial charge in [-0.3, -0.25) is 4.98 Å². The number of aromatic nitrogens is 1. The fraction of sp³-hybridized carbons (Fsp3) is 0.500. The van der Waals surface area contributed by atoms with Crippen LogP contribution in [0.15, 0.2) is 36.5 Å². The molecule has 0 saturated heterocycles. The summed E-state index contributed by atoms with van der Waals surface area (Å²) in [4.78, 5) is 4.34. The van der Waals surface area contributed by atoms with E-state index in [0.717, 1.165) is 25.8 Å². The molecule has 1 aromatic heterocycles. The average molecular weight is 218 g/mol. The lowest BCUT2D eigenvalue weighted by Crippen LogP contribution is -2.29. The first-order chi connectivity index (χ1) is 7.72. The van der Waals surface area contributed by atoms with Gasteiger partial charge in [0.25, 0.3) is 0 Å². The van der Waals surface area contributed by atoms with Crippen LogP contribution in [0.2, 0.25) is 0 Å². The van der Waals surface area contributed by atoms with E-state index in [1.807, 2.05) is 18.3 Å². The molecule has 0 aliphatic carbocycles. The Kier molecular flexibility index (Phi) is 5.79. The smallest absolute Gasteiger partial charge is 0.0404 e. The molecule has 1 aromatic rings. The minimum atomic E-state index is 0.532. The SMILES string of the molecule is C=C(C)CC(CCc1ccccn1)NCC. The van der Waals surface area contributed by atoms with Gasteiger partial charge in [-0.2, -0.15) is 0 Å². The largest absolute Gasteiger partial charge is 0.314 e. The maximum absolute atomic E-state index is 4.34. The van der Waals surface area contributed by atoms with E-state index < -0.39 is 0 Å². The van der Waals surface area contributed by atoms with E-state index in [2.05, 4.69) is 36.8 Å². The zero-order valence-corrected chi connectivity index (χ0v) is 10.4. The molecule has 88 valence electrons. The van der Waals surface area contributed by atoms with Gasteiger partial charge in [0.05, 0.1) is 0 Å². The molecular formula is C14H22N2. The molecule has 0 spiro atoms. The Bertz CT molecular complexity index is 306. The zero-order chi connectivity index (χ0) is 11.8. The van der Waals surface area contributed by atoms with Gasteiger partial charge in [0.15, 0.2) is 0 Å². The van der Waals surface area contributed by atoms with Crippen LogP contribution >= 0.6 is 0 Å². The first-order valence-corrected chi connectivity index (χ1v) is 6.00. The van der Waals surface area contributed by atoms with Gasteiger partial charge < -0.3 is 5.32 Å². The third-order valence-corrected chi connectivity index (χ3v) is 2.56. The molecule has 0 aromatic carbocycles. The van der Waals surface area contributed by atoms with Crippen LogP contribution in [0.25, 0.3) is 0 Å². The summed E-state index contributed by atoms with van der Waals surface area (Å²) in [5, 5.41) is 3.50. The molecule has 1 heterocycles. The second-order valence-corrected chi connectivity index (χ2v) is 4.28. The third-order valence-electron chi connectivity index (χ3n) is 2.56. The van der Waals surface area contributed by atoms with Crippen molar-refractivity contribution in [2.75, 3.05) is 6.54 Å². The molecule has 0 bridgehead atoms. The van der Waals surface area contributed by atoms with Gasteiger partial charge in [-0.1, -0.05) is 18.6 Å². The Morgan fingerprint density at radius 2 is 2.31 bits per heavy atom. The summed E-state index contributed by atoms with van der Waals surface area (Å²) in [6, 6.07) is 6.62. The molecule has 0 radical (unpaired) electrons. The van der Waals surface area contributed by atoms with Crippen molar-refractivity contribution in [2.24, 2.45) is 0 Å². The Morgan fingerprint density at radius 3 is 2.88 bits per heavy atom. The number of pyridine rings is 1. The summed E-state index contributed by atoms with van der Waals surface area (Å²) in [7, 11) is 0. The van der Waals surface area contributed by atoms with Crippen molar-refractivity contribution in [1.82, 2.24) is 10.3 Å². The first kappa shape index (κ1) is 12.9. The van der Waals surface area contributed by atoms with Crippen molar-refractivity contribution in [2.45, 2.75) is 39.2 Å². The average Bonchev–Trinajstić information content (AvgIpc) is 2.27. The van der Waals surface area contributed by atoms with Crippen LogP contribution in [0, 0.1) is 0 Å². The van der Waals surface area contributed by atoms with E-state index in [-0.39, 0.29) is 0 Å². The summed E-state index contributed by atoms with van der Waals surface area (Å²) >= 11 is 0. The van der Waals surface area contributed by atoms with Crippen LogP contribution < -0.4 is 5.32 Å². The minimum absolute atomic E-state index is 0.532. The van der Waals surface area contributed by atoms with Crippen molar-refractivity contribution in [3.8, 4) is 0 Å². The van der Waals surface area contributed by atoms with Gasteiger partial charge in [0.2, 0.25) is 0 Å². The van der Waals surface area contributed by atoms with Crippen LogP contribution in [0.3, 0.4) is 0 Å². The second kappa shape index (κ2) is 7.18. The van der Waals surface area contributed by atoms with E-state index in [9.17, 15) is 0 Å². The predicted octanol–water partition coefficient (Wildman–Crippen LogP) is 2.96. The lowest BCUT2D eigenvalue weighted by molar-refractivity contribution is 0.488. The van der Waals surface area contributed by atoms with Gasteiger partial charge >= 0.3 is 0 Å². The Labute approximate surface area is 98.8 Å². The Hall–Kier alpha value is -1.15. The quantitative estimate of drug-likeness (QED) is 0.712. The molecule has 0 aliphatic rings. The summed E-state index contributed by atoms with van der Waals surface area (Å²) in [5.74, 6) is 0. The fourth-order valence-corrected chi connectivity index (χ4v) is 1.85. The molecule has 1 rings (SSSR count). The first-order valence-electron chi connectivity index (χ1n) is 6.00. The van der Waals surface area contributed by atoms with E-state index in [1.165, 1.54) is 11.3 Å². The van der Waals surface area contributed by atoms with Gasteiger partial charge in [0.1, 0.15) is 0 Å². The molecule has 2 heteroatoms. The highest BCUT2D eigenvalue weighted by atomic mass is 14.9. The van der Waals surface area contributed by atoms with Crippen molar-refractivity contribution < 1.29 is 0 Å². The van der Waals surface area contributed by atoms with E-state index in [4.69, 9.17) is 0 Å². The number of hydrogen-bond donors (Lipinski definition) is 1. The number of nitrogens with one attached hydrogen (secondary N) is 1. The van der Waals surface area contributed by atoms with E-state index in [0.29, 0.717) is 6.04 Å². The molecule has 0 fully saturated rings. The third kappa shape index (κ3) is 5.08. The molecule has 0 aliphatic heterocycles. The number of hydrogen-bond acceptors (Lipinski definition) is 2. The minimum Gasteiger partial charge on any atom is -0.314 e. The number of aryl methyl sites for hydroxylation is 1. The highest BCUT2D eigenvalue weighted by Crippen LogP contribution is 2.09. The van der Waals surface area contributed by atoms with Crippen molar-refractivity contribution in [3.63, 3.8) is 0 Å². The molecule has 0 saturated carbocycles. The van der Waals surface area contributed by atoms with E-state index >= 15 is 0 Å². The summed E-state index contributed by atoms with van der Waals surface area (Å²) < 4.78 is 0. The zero-order valence-electron chi connectivity index (χ0n) is 10.4. The van der Waals surface area contributed by atoms with Gasteiger partial charge in [-0.05, 0) is 44.9 Å². The van der Waals surface area contributed by atoms with Crippen molar-refractivity contribution in [3.05, 3.63) is 42.2 Å². The van der Waals surface area contributed by atoms with Gasteiger partial charge in [-0.25, -0.2) is 0 Å². The number of nitrogens with zero attached hydrogens (tertiary/aromatic N) is 1. The summed E-state index contributed by atoms with van der Waals surface area (Å²) in [6.07, 6.45) is 5.07. The Balaban J connectivity index is 2.40. The second-order valence-electron chi connectivity index (χ2n) is 4.28. The topological polar surface area (TPSA) is 24.9 Å². The van der Waals surface area contributed by atoms with Crippen molar-refractivity contribution >= 4 is 0 Å². The van der Waals surface area contributed by atoms with Crippen molar-refractivity contribution in [1.29, 1.82) is 0 Å². The van der Waals surface area contributed by atoms with Crippen LogP contribution in [0.4, 0.5) is 0 Å².